The zero-order valence-electron chi connectivity index (χ0n) is 9.58. The van der Waals surface area contributed by atoms with E-state index in [1.807, 2.05) is 0 Å². The molecule has 0 aromatic carbocycles. The topological polar surface area (TPSA) is 77.2 Å². The van der Waals surface area contributed by atoms with Crippen molar-refractivity contribution in [3.63, 3.8) is 0 Å². The van der Waals surface area contributed by atoms with Gasteiger partial charge in [0.05, 0.1) is 31.0 Å². The second-order valence-corrected chi connectivity index (χ2v) is 5.01. The van der Waals surface area contributed by atoms with Crippen molar-refractivity contribution in [2.24, 2.45) is 0 Å². The number of hydrogen-bond acceptors (Lipinski definition) is 5. The Balaban J connectivity index is 2.23. The number of halogens is 2. The van der Waals surface area contributed by atoms with Gasteiger partial charge in [0.1, 0.15) is 16.8 Å². The molecule has 0 radical (unpaired) electrons. The summed E-state index contributed by atoms with van der Waals surface area (Å²) in [5.41, 5.74) is -0.0357. The molecule has 19 heavy (non-hydrogen) atoms. The fourth-order valence-corrected chi connectivity index (χ4v) is 2.59. The number of hydrogen-bond donors (Lipinski definition) is 1. The molecule has 1 aliphatic heterocycles. The Hall–Kier alpha value is -1.21. The number of fused-ring (bicyclic) bond motifs is 1. The van der Waals surface area contributed by atoms with Gasteiger partial charge in [0.2, 0.25) is 0 Å². The SMILES string of the molecule is O=c1c2cc(Cl)nc(Cl)c2ncn1[C@H]1COC[C@H]1O. The predicted molar refractivity (Wildman–Crippen MR) is 69.7 cm³/mol. The summed E-state index contributed by atoms with van der Waals surface area (Å²) in [5, 5.41) is 10.2. The van der Waals surface area contributed by atoms with Crippen LogP contribution in [-0.2, 0) is 4.74 Å². The summed E-state index contributed by atoms with van der Waals surface area (Å²) >= 11 is 11.7. The van der Waals surface area contributed by atoms with Gasteiger partial charge in [-0.3, -0.25) is 9.36 Å². The smallest absolute Gasteiger partial charge is 0.261 e. The lowest BCUT2D eigenvalue weighted by atomic mass is 10.2. The van der Waals surface area contributed by atoms with Gasteiger partial charge in [0.15, 0.2) is 5.15 Å². The van der Waals surface area contributed by atoms with Gasteiger partial charge in [-0.2, -0.15) is 0 Å². The molecule has 2 aromatic heterocycles. The maximum atomic E-state index is 12.4. The normalized spacial score (nSPS) is 23.1. The number of aromatic nitrogens is 3. The lowest BCUT2D eigenvalue weighted by Gasteiger charge is -2.15. The highest BCUT2D eigenvalue weighted by molar-refractivity contribution is 6.36. The van der Waals surface area contributed by atoms with Gasteiger partial charge in [0.25, 0.3) is 5.56 Å². The van der Waals surface area contributed by atoms with Crippen molar-refractivity contribution in [3.8, 4) is 0 Å². The van der Waals surface area contributed by atoms with Gasteiger partial charge in [-0.05, 0) is 6.07 Å². The van der Waals surface area contributed by atoms with Gasteiger partial charge >= 0.3 is 0 Å². The van der Waals surface area contributed by atoms with E-state index in [1.165, 1.54) is 17.0 Å². The third kappa shape index (κ3) is 2.10. The van der Waals surface area contributed by atoms with E-state index in [0.717, 1.165) is 0 Å². The molecule has 0 saturated carbocycles. The Labute approximate surface area is 117 Å². The maximum Gasteiger partial charge on any atom is 0.261 e. The quantitative estimate of drug-likeness (QED) is 0.796. The Bertz CT molecular complexity index is 703. The lowest BCUT2D eigenvalue weighted by Crippen LogP contribution is -2.31. The molecule has 1 N–H and O–H groups in total. The molecule has 1 aliphatic rings. The second kappa shape index (κ2) is 4.72. The second-order valence-electron chi connectivity index (χ2n) is 4.26. The van der Waals surface area contributed by atoms with Crippen LogP contribution in [-0.4, -0.2) is 39.0 Å². The summed E-state index contributed by atoms with van der Waals surface area (Å²) < 4.78 is 6.48. The number of aliphatic hydroxyl groups excluding tert-OH is 1. The van der Waals surface area contributed by atoms with Crippen molar-refractivity contribution in [1.29, 1.82) is 0 Å². The standard InChI is InChI=1S/C11H9Cl2N3O3/c12-8-1-5-9(10(13)15-8)14-4-16(11(5)18)6-2-19-3-7(6)17/h1,4,6-7,17H,2-3H2/t6-,7+/m0/s1. The molecule has 1 saturated heterocycles. The lowest BCUT2D eigenvalue weighted by molar-refractivity contribution is 0.119. The highest BCUT2D eigenvalue weighted by Gasteiger charge is 2.29. The Morgan fingerprint density at radius 2 is 2.21 bits per heavy atom. The molecule has 0 aliphatic carbocycles. The first kappa shape index (κ1) is 12.8. The van der Waals surface area contributed by atoms with E-state index >= 15 is 0 Å². The highest BCUT2D eigenvalue weighted by Crippen LogP contribution is 2.22. The van der Waals surface area contributed by atoms with E-state index in [4.69, 9.17) is 27.9 Å². The predicted octanol–water partition coefficient (Wildman–Crippen LogP) is 1.03. The molecule has 2 aromatic rings. The molecule has 0 unspecified atom stereocenters. The zero-order valence-corrected chi connectivity index (χ0v) is 11.1. The molecule has 0 spiro atoms. The molecule has 1 fully saturated rings. The molecule has 2 atom stereocenters. The summed E-state index contributed by atoms with van der Waals surface area (Å²) in [6, 6.07) is 0.965. The molecule has 3 rings (SSSR count). The number of ether oxygens (including phenoxy) is 1. The van der Waals surface area contributed by atoms with E-state index in [1.54, 1.807) is 0 Å². The third-order valence-electron chi connectivity index (χ3n) is 3.07. The molecule has 100 valence electrons. The van der Waals surface area contributed by atoms with Crippen LogP contribution in [0.2, 0.25) is 10.3 Å². The van der Waals surface area contributed by atoms with Gasteiger partial charge in [-0.25, -0.2) is 9.97 Å². The molecule has 8 heteroatoms. The van der Waals surface area contributed by atoms with Crippen LogP contribution < -0.4 is 5.56 Å². The third-order valence-corrected chi connectivity index (χ3v) is 3.53. The minimum atomic E-state index is -0.732. The minimum absolute atomic E-state index is 0.0787. The average molecular weight is 302 g/mol. The molecule has 0 bridgehead atoms. The van der Waals surface area contributed by atoms with Crippen LogP contribution >= 0.6 is 23.2 Å². The molecular formula is C11H9Cl2N3O3. The first-order valence-electron chi connectivity index (χ1n) is 5.56. The summed E-state index contributed by atoms with van der Waals surface area (Å²) in [7, 11) is 0. The summed E-state index contributed by atoms with van der Waals surface area (Å²) in [6.45, 7) is 0.466. The van der Waals surface area contributed by atoms with Crippen LogP contribution in [0.15, 0.2) is 17.2 Å². The van der Waals surface area contributed by atoms with Gasteiger partial charge in [-0.1, -0.05) is 23.2 Å². The summed E-state index contributed by atoms with van der Waals surface area (Å²) in [4.78, 5) is 20.3. The van der Waals surface area contributed by atoms with Crippen LogP contribution in [0.3, 0.4) is 0 Å². The molecule has 0 amide bonds. The van der Waals surface area contributed by atoms with Crippen molar-refractivity contribution in [1.82, 2.24) is 14.5 Å². The molecule has 3 heterocycles. The van der Waals surface area contributed by atoms with Crippen LogP contribution in [0.1, 0.15) is 6.04 Å². The maximum absolute atomic E-state index is 12.4. The van der Waals surface area contributed by atoms with Crippen LogP contribution in [0.25, 0.3) is 10.9 Å². The van der Waals surface area contributed by atoms with Crippen molar-refractivity contribution in [3.05, 3.63) is 33.1 Å². The fourth-order valence-electron chi connectivity index (χ4n) is 2.11. The number of pyridine rings is 1. The van der Waals surface area contributed by atoms with E-state index in [9.17, 15) is 9.90 Å². The zero-order chi connectivity index (χ0) is 13.6. The van der Waals surface area contributed by atoms with Gasteiger partial charge in [0, 0.05) is 0 Å². The van der Waals surface area contributed by atoms with E-state index in [-0.39, 0.29) is 34.5 Å². The fraction of sp³-hybridized carbons (Fsp3) is 0.364. The Morgan fingerprint density at radius 3 is 2.89 bits per heavy atom. The van der Waals surface area contributed by atoms with Crippen molar-refractivity contribution in [2.45, 2.75) is 12.1 Å². The highest BCUT2D eigenvalue weighted by atomic mass is 35.5. The summed E-state index contributed by atoms with van der Waals surface area (Å²) in [6.07, 6.45) is 0.610. The molecular weight excluding hydrogens is 293 g/mol. The Kier molecular flexibility index (Phi) is 3.18. The van der Waals surface area contributed by atoms with Crippen molar-refractivity contribution in [2.75, 3.05) is 13.2 Å². The number of rotatable bonds is 1. The summed E-state index contributed by atoms with van der Waals surface area (Å²) in [5.74, 6) is 0. The number of aliphatic hydroxyl groups is 1. The molecule has 6 nitrogen and oxygen atoms in total. The van der Waals surface area contributed by atoms with Crippen LogP contribution in [0.5, 0.6) is 0 Å². The van der Waals surface area contributed by atoms with Crippen LogP contribution in [0, 0.1) is 0 Å². The number of nitrogens with zero attached hydrogens (tertiary/aromatic N) is 3. The average Bonchev–Trinajstić information content (AvgIpc) is 2.77. The van der Waals surface area contributed by atoms with Gasteiger partial charge < -0.3 is 9.84 Å². The largest absolute Gasteiger partial charge is 0.388 e. The van der Waals surface area contributed by atoms with E-state index in [2.05, 4.69) is 9.97 Å². The van der Waals surface area contributed by atoms with E-state index < -0.39 is 12.1 Å². The first-order chi connectivity index (χ1) is 9.08. The van der Waals surface area contributed by atoms with Crippen LogP contribution in [0.4, 0.5) is 0 Å². The van der Waals surface area contributed by atoms with E-state index in [0.29, 0.717) is 5.52 Å². The monoisotopic (exact) mass is 301 g/mol. The first-order valence-corrected chi connectivity index (χ1v) is 6.32. The Morgan fingerprint density at radius 1 is 1.42 bits per heavy atom. The van der Waals surface area contributed by atoms with Gasteiger partial charge in [-0.15, -0.1) is 0 Å². The van der Waals surface area contributed by atoms with Crippen molar-refractivity contribution < 1.29 is 9.84 Å². The minimum Gasteiger partial charge on any atom is -0.388 e. The van der Waals surface area contributed by atoms with Crippen molar-refractivity contribution >= 4 is 34.1 Å².